The molecule has 0 aliphatic rings. The van der Waals surface area contributed by atoms with Crippen LogP contribution in [-0.2, 0) is 0 Å². The van der Waals surface area contributed by atoms with E-state index in [2.05, 4.69) is 4.98 Å². The molecule has 0 amide bonds. The van der Waals surface area contributed by atoms with Crippen LogP contribution in [-0.4, -0.2) is 10.1 Å². The molecule has 2 aromatic heterocycles. The maximum atomic E-state index is 10.0. The summed E-state index contributed by atoms with van der Waals surface area (Å²) in [4.78, 5) is 4.30. The quantitative estimate of drug-likeness (QED) is 0.653. The predicted molar refractivity (Wildman–Crippen MR) is 67.4 cm³/mol. The maximum absolute atomic E-state index is 10.0. The fourth-order valence-corrected chi connectivity index (χ4v) is 2.15. The minimum absolute atomic E-state index is 0.106. The zero-order valence-electron chi connectivity index (χ0n) is 9.98. The van der Waals surface area contributed by atoms with Crippen molar-refractivity contribution in [1.82, 2.24) is 4.98 Å². The van der Waals surface area contributed by atoms with Gasteiger partial charge in [-0.2, -0.15) is 5.26 Å². The van der Waals surface area contributed by atoms with Crippen LogP contribution in [0.2, 0.25) is 0 Å². The van der Waals surface area contributed by atoms with Gasteiger partial charge >= 0.3 is 0 Å². The molecule has 1 N–H and O–H groups in total. The number of aryl methyl sites for hydroxylation is 2. The first-order chi connectivity index (χ1) is 8.61. The van der Waals surface area contributed by atoms with Gasteiger partial charge in [0.15, 0.2) is 0 Å². The third-order valence-electron chi connectivity index (χ3n) is 3.10. The standard InChI is InChI=1S/C14H10N2O2/c1-7-3-4-9-13(16-7)11(17)5-10-8(2)12(6-15)18-14(9)10/h3-5,17H,1-2H3. The molecule has 3 aromatic rings. The second-order valence-electron chi connectivity index (χ2n) is 4.29. The van der Waals surface area contributed by atoms with E-state index in [-0.39, 0.29) is 11.5 Å². The number of benzene rings is 1. The van der Waals surface area contributed by atoms with Gasteiger partial charge in [0.25, 0.3) is 0 Å². The smallest absolute Gasteiger partial charge is 0.207 e. The SMILES string of the molecule is Cc1ccc2c(n1)c(O)cc1c(C)c(C#N)oc12. The van der Waals surface area contributed by atoms with Gasteiger partial charge in [-0.3, -0.25) is 0 Å². The molecule has 0 atom stereocenters. The highest BCUT2D eigenvalue weighted by atomic mass is 16.3. The zero-order chi connectivity index (χ0) is 12.9. The summed E-state index contributed by atoms with van der Waals surface area (Å²) in [5.74, 6) is 0.382. The number of fused-ring (bicyclic) bond motifs is 3. The summed E-state index contributed by atoms with van der Waals surface area (Å²) in [5.41, 5.74) is 2.66. The Morgan fingerprint density at radius 2 is 2.06 bits per heavy atom. The van der Waals surface area contributed by atoms with Crippen LogP contribution in [0.1, 0.15) is 17.0 Å². The van der Waals surface area contributed by atoms with Crippen LogP contribution < -0.4 is 0 Å². The summed E-state index contributed by atoms with van der Waals surface area (Å²) >= 11 is 0. The van der Waals surface area contributed by atoms with E-state index in [1.807, 2.05) is 25.1 Å². The number of aromatic hydroxyl groups is 1. The van der Waals surface area contributed by atoms with Gasteiger partial charge in [-0.05, 0) is 32.0 Å². The summed E-state index contributed by atoms with van der Waals surface area (Å²) in [5, 5.41) is 20.5. The Labute approximate surface area is 103 Å². The average molecular weight is 238 g/mol. The second-order valence-corrected chi connectivity index (χ2v) is 4.29. The lowest BCUT2D eigenvalue weighted by Gasteiger charge is -2.02. The monoisotopic (exact) mass is 238 g/mol. The van der Waals surface area contributed by atoms with E-state index in [0.29, 0.717) is 11.1 Å². The van der Waals surface area contributed by atoms with Crippen molar-refractivity contribution in [3.05, 3.63) is 35.2 Å². The van der Waals surface area contributed by atoms with Crippen LogP contribution >= 0.6 is 0 Å². The van der Waals surface area contributed by atoms with Crippen molar-refractivity contribution in [2.45, 2.75) is 13.8 Å². The van der Waals surface area contributed by atoms with Crippen molar-refractivity contribution in [1.29, 1.82) is 5.26 Å². The highest BCUT2D eigenvalue weighted by Gasteiger charge is 2.16. The van der Waals surface area contributed by atoms with E-state index in [4.69, 9.17) is 9.68 Å². The second kappa shape index (κ2) is 3.47. The minimum atomic E-state index is 0.106. The van der Waals surface area contributed by atoms with Crippen molar-refractivity contribution >= 4 is 21.9 Å². The van der Waals surface area contributed by atoms with Crippen LogP contribution in [0.15, 0.2) is 22.6 Å². The molecule has 0 aliphatic carbocycles. The van der Waals surface area contributed by atoms with E-state index in [1.54, 1.807) is 13.0 Å². The van der Waals surface area contributed by atoms with E-state index < -0.39 is 0 Å². The van der Waals surface area contributed by atoms with Gasteiger partial charge in [0.2, 0.25) is 5.76 Å². The Balaban J connectivity index is 2.58. The lowest BCUT2D eigenvalue weighted by atomic mass is 10.1. The number of phenolic OH excluding ortho intramolecular Hbond substituents is 1. The van der Waals surface area contributed by atoms with Crippen molar-refractivity contribution in [2.24, 2.45) is 0 Å². The summed E-state index contributed by atoms with van der Waals surface area (Å²) in [6.07, 6.45) is 0. The molecule has 4 heteroatoms. The molecule has 0 aliphatic heterocycles. The lowest BCUT2D eigenvalue weighted by Crippen LogP contribution is -1.84. The van der Waals surface area contributed by atoms with E-state index in [9.17, 15) is 5.11 Å². The largest absolute Gasteiger partial charge is 0.506 e. The van der Waals surface area contributed by atoms with Crippen molar-refractivity contribution < 1.29 is 9.52 Å². The number of pyridine rings is 1. The summed E-state index contributed by atoms with van der Waals surface area (Å²) in [7, 11) is 0. The van der Waals surface area contributed by atoms with Crippen LogP contribution in [0.25, 0.3) is 21.9 Å². The number of phenols is 1. The third-order valence-corrected chi connectivity index (χ3v) is 3.10. The normalized spacial score (nSPS) is 10.9. The summed E-state index contributed by atoms with van der Waals surface area (Å²) in [6, 6.07) is 7.32. The Hall–Kier alpha value is -2.54. The molecule has 3 rings (SSSR count). The highest BCUT2D eigenvalue weighted by Crippen LogP contribution is 2.35. The van der Waals surface area contributed by atoms with E-state index >= 15 is 0 Å². The van der Waals surface area contributed by atoms with Gasteiger partial charge in [0.1, 0.15) is 22.9 Å². The number of furan rings is 1. The molecule has 0 fully saturated rings. The van der Waals surface area contributed by atoms with E-state index in [0.717, 1.165) is 22.0 Å². The molecule has 0 bridgehead atoms. The third kappa shape index (κ3) is 1.28. The molecule has 0 radical (unpaired) electrons. The molecule has 0 saturated carbocycles. The number of hydrogen-bond donors (Lipinski definition) is 1. The van der Waals surface area contributed by atoms with Gasteiger partial charge < -0.3 is 9.52 Å². The van der Waals surface area contributed by atoms with Gasteiger partial charge in [-0.25, -0.2) is 4.98 Å². The topological polar surface area (TPSA) is 70.1 Å². The summed E-state index contributed by atoms with van der Waals surface area (Å²) in [6.45, 7) is 3.66. The summed E-state index contributed by atoms with van der Waals surface area (Å²) < 4.78 is 5.54. The van der Waals surface area contributed by atoms with Gasteiger partial charge in [-0.1, -0.05) is 0 Å². The minimum Gasteiger partial charge on any atom is -0.506 e. The van der Waals surface area contributed by atoms with Crippen molar-refractivity contribution in [2.75, 3.05) is 0 Å². The fourth-order valence-electron chi connectivity index (χ4n) is 2.15. The van der Waals surface area contributed by atoms with Gasteiger partial charge in [0.05, 0.1) is 0 Å². The Kier molecular flexibility index (Phi) is 2.05. The van der Waals surface area contributed by atoms with Crippen LogP contribution in [0, 0.1) is 25.2 Å². The predicted octanol–water partition coefficient (Wildman–Crippen LogP) is 3.18. The molecule has 0 unspecified atom stereocenters. The van der Waals surface area contributed by atoms with Crippen molar-refractivity contribution in [3.8, 4) is 11.8 Å². The zero-order valence-corrected chi connectivity index (χ0v) is 9.98. The molecule has 0 spiro atoms. The maximum Gasteiger partial charge on any atom is 0.207 e. The number of rotatable bonds is 0. The molecule has 2 heterocycles. The molecule has 1 aromatic carbocycles. The van der Waals surface area contributed by atoms with E-state index in [1.165, 1.54) is 0 Å². The molecule has 18 heavy (non-hydrogen) atoms. The molecular weight excluding hydrogens is 228 g/mol. The highest BCUT2D eigenvalue weighted by molar-refractivity contribution is 6.07. The molecule has 88 valence electrons. The Morgan fingerprint density at radius 3 is 2.78 bits per heavy atom. The number of aromatic nitrogens is 1. The average Bonchev–Trinajstić information content (AvgIpc) is 2.67. The van der Waals surface area contributed by atoms with Crippen molar-refractivity contribution in [3.63, 3.8) is 0 Å². The molecular formula is C14H10N2O2. The first-order valence-electron chi connectivity index (χ1n) is 5.54. The fraction of sp³-hybridized carbons (Fsp3) is 0.143. The van der Waals surface area contributed by atoms with Crippen LogP contribution in [0.3, 0.4) is 0 Å². The first kappa shape index (κ1) is 10.6. The van der Waals surface area contributed by atoms with Crippen LogP contribution in [0.4, 0.5) is 0 Å². The Bertz CT molecular complexity index is 825. The number of nitrogens with zero attached hydrogens (tertiary/aromatic N) is 2. The number of nitriles is 1. The molecule has 4 nitrogen and oxygen atoms in total. The van der Waals surface area contributed by atoms with Gasteiger partial charge in [0, 0.05) is 22.0 Å². The first-order valence-corrected chi connectivity index (χ1v) is 5.54. The number of hydrogen-bond acceptors (Lipinski definition) is 4. The molecule has 0 saturated heterocycles. The lowest BCUT2D eigenvalue weighted by molar-refractivity contribution is 0.481. The van der Waals surface area contributed by atoms with Gasteiger partial charge in [-0.15, -0.1) is 0 Å². The van der Waals surface area contributed by atoms with Crippen LogP contribution in [0.5, 0.6) is 5.75 Å². The Morgan fingerprint density at radius 1 is 1.28 bits per heavy atom.